The summed E-state index contributed by atoms with van der Waals surface area (Å²) in [7, 11) is 0. The van der Waals surface area contributed by atoms with E-state index < -0.39 is 0 Å². The maximum absolute atomic E-state index is 12.1. The van der Waals surface area contributed by atoms with Crippen molar-refractivity contribution in [2.24, 2.45) is 5.41 Å². The van der Waals surface area contributed by atoms with Crippen LogP contribution < -0.4 is 10.6 Å². The Balaban J connectivity index is 1.59. The minimum atomic E-state index is -0.0116. The minimum Gasteiger partial charge on any atom is -0.354 e. The van der Waals surface area contributed by atoms with Gasteiger partial charge < -0.3 is 10.6 Å². The van der Waals surface area contributed by atoms with E-state index in [1.54, 1.807) is 0 Å². The normalized spacial score (nSPS) is 23.4. The Morgan fingerprint density at radius 1 is 1.05 bits per heavy atom. The second-order valence-corrected chi connectivity index (χ2v) is 6.39. The predicted molar refractivity (Wildman–Crippen MR) is 79.1 cm³/mol. The van der Waals surface area contributed by atoms with Crippen LogP contribution in [0.5, 0.6) is 0 Å². The van der Waals surface area contributed by atoms with Crippen LogP contribution in [-0.4, -0.2) is 25.0 Å². The van der Waals surface area contributed by atoms with Crippen molar-refractivity contribution in [1.82, 2.24) is 10.6 Å². The molecular weight excluding hydrogens is 236 g/mol. The Hall–Kier alpha value is -0.570. The van der Waals surface area contributed by atoms with Crippen LogP contribution in [0.2, 0.25) is 0 Å². The van der Waals surface area contributed by atoms with Crippen LogP contribution >= 0.6 is 0 Å². The number of hydrogen-bond donors (Lipinski definition) is 2. The molecule has 0 atom stereocenters. The number of rotatable bonds is 6. The van der Waals surface area contributed by atoms with Crippen LogP contribution in [0.1, 0.15) is 71.1 Å². The highest BCUT2D eigenvalue weighted by molar-refractivity contribution is 5.83. The molecule has 0 saturated heterocycles. The molecule has 3 nitrogen and oxygen atoms in total. The van der Waals surface area contributed by atoms with E-state index in [0.717, 1.165) is 32.4 Å². The van der Waals surface area contributed by atoms with Gasteiger partial charge in [-0.3, -0.25) is 4.79 Å². The number of nitrogens with one attached hydrogen (secondary N) is 2. The topological polar surface area (TPSA) is 41.1 Å². The Labute approximate surface area is 117 Å². The summed E-state index contributed by atoms with van der Waals surface area (Å²) in [6, 6.07) is 0.684. The Kier molecular flexibility index (Phi) is 5.68. The zero-order chi connectivity index (χ0) is 13.6. The molecule has 0 aromatic carbocycles. The first-order valence-electron chi connectivity index (χ1n) is 8.28. The largest absolute Gasteiger partial charge is 0.354 e. The van der Waals surface area contributed by atoms with Crippen molar-refractivity contribution in [3.63, 3.8) is 0 Å². The smallest absolute Gasteiger partial charge is 0.226 e. The van der Waals surface area contributed by atoms with Crippen LogP contribution in [0.3, 0.4) is 0 Å². The lowest BCUT2D eigenvalue weighted by Crippen LogP contribution is -2.47. The lowest BCUT2D eigenvalue weighted by atomic mass is 9.66. The van der Waals surface area contributed by atoms with Crippen molar-refractivity contribution < 1.29 is 4.79 Å². The van der Waals surface area contributed by atoms with Crippen molar-refractivity contribution in [2.75, 3.05) is 13.1 Å². The molecule has 0 aromatic rings. The molecule has 1 amide bonds. The van der Waals surface area contributed by atoms with E-state index in [1.807, 2.05) is 0 Å². The molecule has 19 heavy (non-hydrogen) atoms. The molecule has 2 N–H and O–H groups in total. The molecular formula is C16H30N2O. The Morgan fingerprint density at radius 2 is 1.74 bits per heavy atom. The number of amides is 1. The minimum absolute atomic E-state index is 0.0116. The monoisotopic (exact) mass is 266 g/mol. The quantitative estimate of drug-likeness (QED) is 0.573. The molecule has 2 fully saturated rings. The third kappa shape index (κ3) is 3.95. The molecule has 2 rings (SSSR count). The first kappa shape index (κ1) is 14.8. The second-order valence-electron chi connectivity index (χ2n) is 6.39. The standard InChI is InChI=1S/C16H30N2O/c1-2-16(10-7-11-16)15(19)18-13-12-17-14-8-5-3-4-6-9-14/h14,17H,2-13H2,1H3,(H,18,19). The highest BCUT2D eigenvalue weighted by Crippen LogP contribution is 2.43. The van der Waals surface area contributed by atoms with Gasteiger partial charge in [0.2, 0.25) is 5.91 Å². The maximum atomic E-state index is 12.1. The van der Waals surface area contributed by atoms with E-state index in [0.29, 0.717) is 11.9 Å². The lowest BCUT2D eigenvalue weighted by Gasteiger charge is -2.39. The van der Waals surface area contributed by atoms with E-state index in [-0.39, 0.29) is 5.41 Å². The summed E-state index contributed by atoms with van der Waals surface area (Å²) in [5.74, 6) is 0.295. The van der Waals surface area contributed by atoms with Gasteiger partial charge in [-0.15, -0.1) is 0 Å². The van der Waals surface area contributed by atoms with Gasteiger partial charge in [0.25, 0.3) is 0 Å². The SMILES string of the molecule is CCC1(C(=O)NCCNC2CCCCCC2)CCC1. The summed E-state index contributed by atoms with van der Waals surface area (Å²) >= 11 is 0. The zero-order valence-corrected chi connectivity index (χ0v) is 12.5. The first-order valence-corrected chi connectivity index (χ1v) is 8.28. The van der Waals surface area contributed by atoms with Crippen LogP contribution in [-0.2, 0) is 4.79 Å². The van der Waals surface area contributed by atoms with E-state index in [1.165, 1.54) is 44.9 Å². The van der Waals surface area contributed by atoms with Gasteiger partial charge in [-0.1, -0.05) is 39.0 Å². The van der Waals surface area contributed by atoms with Crippen LogP contribution in [0.4, 0.5) is 0 Å². The molecule has 0 heterocycles. The molecule has 110 valence electrons. The van der Waals surface area contributed by atoms with Gasteiger partial charge in [-0.25, -0.2) is 0 Å². The van der Waals surface area contributed by atoms with Gasteiger partial charge in [0.05, 0.1) is 0 Å². The predicted octanol–water partition coefficient (Wildman–Crippen LogP) is 3.00. The molecule has 0 unspecified atom stereocenters. The molecule has 2 saturated carbocycles. The summed E-state index contributed by atoms with van der Waals surface area (Å²) in [5.41, 5.74) is -0.0116. The molecule has 0 spiro atoms. The third-order valence-corrected chi connectivity index (χ3v) is 5.17. The van der Waals surface area contributed by atoms with E-state index >= 15 is 0 Å². The van der Waals surface area contributed by atoms with Crippen LogP contribution in [0.25, 0.3) is 0 Å². The van der Waals surface area contributed by atoms with Gasteiger partial charge in [0, 0.05) is 24.5 Å². The van der Waals surface area contributed by atoms with Gasteiger partial charge in [-0.2, -0.15) is 0 Å². The molecule has 0 radical (unpaired) electrons. The number of carbonyl (C=O) groups is 1. The summed E-state index contributed by atoms with van der Waals surface area (Å²) < 4.78 is 0. The molecule has 0 bridgehead atoms. The summed E-state index contributed by atoms with van der Waals surface area (Å²) in [6.07, 6.45) is 12.5. The van der Waals surface area contributed by atoms with Crippen molar-refractivity contribution in [2.45, 2.75) is 77.2 Å². The average molecular weight is 266 g/mol. The molecule has 2 aliphatic rings. The first-order chi connectivity index (χ1) is 9.27. The van der Waals surface area contributed by atoms with E-state index in [4.69, 9.17) is 0 Å². The molecule has 3 heteroatoms. The van der Waals surface area contributed by atoms with Gasteiger partial charge >= 0.3 is 0 Å². The highest BCUT2D eigenvalue weighted by atomic mass is 16.2. The summed E-state index contributed by atoms with van der Waals surface area (Å²) in [5, 5.41) is 6.74. The van der Waals surface area contributed by atoms with Crippen molar-refractivity contribution in [3.8, 4) is 0 Å². The lowest BCUT2D eigenvalue weighted by molar-refractivity contribution is -0.136. The maximum Gasteiger partial charge on any atom is 0.226 e. The van der Waals surface area contributed by atoms with E-state index in [2.05, 4.69) is 17.6 Å². The second kappa shape index (κ2) is 7.28. The van der Waals surface area contributed by atoms with E-state index in [9.17, 15) is 4.79 Å². The van der Waals surface area contributed by atoms with Crippen molar-refractivity contribution in [1.29, 1.82) is 0 Å². The third-order valence-electron chi connectivity index (χ3n) is 5.17. The zero-order valence-electron chi connectivity index (χ0n) is 12.5. The molecule has 2 aliphatic carbocycles. The van der Waals surface area contributed by atoms with Crippen molar-refractivity contribution >= 4 is 5.91 Å². The number of hydrogen-bond acceptors (Lipinski definition) is 2. The number of carbonyl (C=O) groups excluding carboxylic acids is 1. The Morgan fingerprint density at radius 3 is 2.26 bits per heavy atom. The van der Waals surface area contributed by atoms with Gasteiger partial charge in [0.15, 0.2) is 0 Å². The fourth-order valence-electron chi connectivity index (χ4n) is 3.47. The van der Waals surface area contributed by atoms with Gasteiger partial charge in [0.1, 0.15) is 0 Å². The fraction of sp³-hybridized carbons (Fsp3) is 0.938. The molecule has 0 aromatic heterocycles. The fourth-order valence-corrected chi connectivity index (χ4v) is 3.47. The Bertz CT molecular complexity index is 273. The van der Waals surface area contributed by atoms with Crippen LogP contribution in [0.15, 0.2) is 0 Å². The average Bonchev–Trinajstić information content (AvgIpc) is 2.62. The van der Waals surface area contributed by atoms with Crippen molar-refractivity contribution in [3.05, 3.63) is 0 Å². The molecule has 0 aliphatic heterocycles. The summed E-state index contributed by atoms with van der Waals surface area (Å²) in [4.78, 5) is 12.1. The van der Waals surface area contributed by atoms with Gasteiger partial charge in [-0.05, 0) is 32.1 Å². The van der Waals surface area contributed by atoms with Crippen LogP contribution in [0, 0.1) is 5.41 Å². The summed E-state index contributed by atoms with van der Waals surface area (Å²) in [6.45, 7) is 3.86. The highest BCUT2D eigenvalue weighted by Gasteiger charge is 2.41.